The van der Waals surface area contributed by atoms with E-state index in [1.165, 1.54) is 109 Å². The van der Waals surface area contributed by atoms with E-state index in [0.29, 0.717) is 0 Å². The van der Waals surface area contributed by atoms with Crippen LogP contribution in [0.4, 0.5) is 0 Å². The van der Waals surface area contributed by atoms with Gasteiger partial charge in [-0.25, -0.2) is 0 Å². The quantitative estimate of drug-likeness (QED) is 0.335. The highest BCUT2D eigenvalue weighted by molar-refractivity contribution is 5.36. The van der Waals surface area contributed by atoms with Gasteiger partial charge in [-0.05, 0) is 79.4 Å². The van der Waals surface area contributed by atoms with Crippen LogP contribution in [0.5, 0.6) is 0 Å². The first kappa shape index (κ1) is 21.9. The second-order valence-corrected chi connectivity index (χ2v) is 10.1. The Morgan fingerprint density at radius 2 is 1.39 bits per heavy atom. The SMILES string of the molecule is CCCCCCCCC1CCC(c2ccc3c(c2)CCC(CCCC)C3)CC1. The minimum absolute atomic E-state index is 0.851. The fourth-order valence-electron chi connectivity index (χ4n) is 5.84. The molecule has 1 fully saturated rings. The predicted octanol–water partition coefficient (Wildman–Crippen LogP) is 9.01. The molecule has 28 heavy (non-hydrogen) atoms. The summed E-state index contributed by atoms with van der Waals surface area (Å²) in [7, 11) is 0. The minimum atomic E-state index is 0.851. The lowest BCUT2D eigenvalue weighted by atomic mass is 9.75. The molecule has 2 aliphatic rings. The van der Waals surface area contributed by atoms with Crippen molar-refractivity contribution in [2.45, 2.75) is 129 Å². The summed E-state index contributed by atoms with van der Waals surface area (Å²) in [5, 5.41) is 0. The fourth-order valence-corrected chi connectivity index (χ4v) is 5.84. The molecule has 1 aromatic rings. The van der Waals surface area contributed by atoms with Gasteiger partial charge in [-0.3, -0.25) is 0 Å². The average molecular weight is 383 g/mol. The molecular formula is C28H46. The van der Waals surface area contributed by atoms with Crippen molar-refractivity contribution in [3.05, 3.63) is 34.9 Å². The molecule has 0 aliphatic heterocycles. The molecule has 0 aromatic heterocycles. The molecule has 158 valence electrons. The van der Waals surface area contributed by atoms with Crippen LogP contribution >= 0.6 is 0 Å². The van der Waals surface area contributed by atoms with E-state index in [4.69, 9.17) is 0 Å². The number of hydrogen-bond acceptors (Lipinski definition) is 0. The highest BCUT2D eigenvalue weighted by atomic mass is 14.3. The van der Waals surface area contributed by atoms with Gasteiger partial charge in [0.1, 0.15) is 0 Å². The van der Waals surface area contributed by atoms with Crippen LogP contribution in [0.1, 0.15) is 133 Å². The Kier molecular flexibility index (Phi) is 9.42. The molecule has 0 N–H and O–H groups in total. The number of hydrogen-bond donors (Lipinski definition) is 0. The predicted molar refractivity (Wildman–Crippen MR) is 124 cm³/mol. The molecule has 0 amide bonds. The number of rotatable bonds is 11. The number of fused-ring (bicyclic) bond motifs is 1. The number of benzene rings is 1. The number of unbranched alkanes of at least 4 members (excludes halogenated alkanes) is 6. The third kappa shape index (κ3) is 6.64. The largest absolute Gasteiger partial charge is 0.0654 e. The Morgan fingerprint density at radius 1 is 0.679 bits per heavy atom. The molecule has 0 spiro atoms. The van der Waals surface area contributed by atoms with Gasteiger partial charge in [0.2, 0.25) is 0 Å². The van der Waals surface area contributed by atoms with Crippen LogP contribution < -0.4 is 0 Å². The molecule has 0 saturated heterocycles. The van der Waals surface area contributed by atoms with Gasteiger partial charge in [-0.1, -0.05) is 96.3 Å². The molecule has 1 atom stereocenters. The van der Waals surface area contributed by atoms with Crippen LogP contribution in [-0.4, -0.2) is 0 Å². The molecule has 1 saturated carbocycles. The summed E-state index contributed by atoms with van der Waals surface area (Å²) in [5.74, 6) is 2.83. The van der Waals surface area contributed by atoms with Gasteiger partial charge < -0.3 is 0 Å². The van der Waals surface area contributed by atoms with Gasteiger partial charge in [0, 0.05) is 0 Å². The first-order chi connectivity index (χ1) is 13.8. The van der Waals surface area contributed by atoms with E-state index in [2.05, 4.69) is 32.0 Å². The molecule has 0 bridgehead atoms. The Morgan fingerprint density at radius 3 is 2.18 bits per heavy atom. The van der Waals surface area contributed by atoms with Crippen molar-refractivity contribution in [3.8, 4) is 0 Å². The summed E-state index contributed by atoms with van der Waals surface area (Å²) in [6, 6.07) is 7.62. The Hall–Kier alpha value is -0.780. The van der Waals surface area contributed by atoms with Gasteiger partial charge >= 0.3 is 0 Å². The van der Waals surface area contributed by atoms with E-state index in [-0.39, 0.29) is 0 Å². The van der Waals surface area contributed by atoms with Gasteiger partial charge in [-0.2, -0.15) is 0 Å². The van der Waals surface area contributed by atoms with Crippen molar-refractivity contribution < 1.29 is 0 Å². The Labute approximate surface area is 175 Å². The molecule has 1 aromatic carbocycles. The molecule has 2 aliphatic carbocycles. The maximum atomic E-state index is 2.62. The lowest BCUT2D eigenvalue weighted by Crippen LogP contribution is -2.16. The lowest BCUT2D eigenvalue weighted by molar-refractivity contribution is 0.301. The van der Waals surface area contributed by atoms with Crippen LogP contribution in [0, 0.1) is 11.8 Å². The molecular weight excluding hydrogens is 336 g/mol. The van der Waals surface area contributed by atoms with E-state index in [1.54, 1.807) is 16.7 Å². The summed E-state index contributed by atoms with van der Waals surface area (Å²) in [6.45, 7) is 4.64. The van der Waals surface area contributed by atoms with Crippen LogP contribution in [0.25, 0.3) is 0 Å². The monoisotopic (exact) mass is 382 g/mol. The second-order valence-electron chi connectivity index (χ2n) is 10.1. The summed E-state index contributed by atoms with van der Waals surface area (Å²) >= 11 is 0. The van der Waals surface area contributed by atoms with Crippen LogP contribution in [0.3, 0.4) is 0 Å². The van der Waals surface area contributed by atoms with Gasteiger partial charge in [0.25, 0.3) is 0 Å². The Balaban J connectivity index is 1.40. The van der Waals surface area contributed by atoms with Crippen LogP contribution in [0.15, 0.2) is 18.2 Å². The van der Waals surface area contributed by atoms with Crippen LogP contribution in [-0.2, 0) is 12.8 Å². The molecule has 3 rings (SSSR count). The number of aryl methyl sites for hydroxylation is 1. The molecule has 0 heteroatoms. The van der Waals surface area contributed by atoms with E-state index < -0.39 is 0 Å². The first-order valence-corrected chi connectivity index (χ1v) is 12.9. The highest BCUT2D eigenvalue weighted by Gasteiger charge is 2.24. The highest BCUT2D eigenvalue weighted by Crippen LogP contribution is 2.39. The lowest BCUT2D eigenvalue weighted by Gasteiger charge is -2.30. The maximum Gasteiger partial charge on any atom is -0.0162 e. The van der Waals surface area contributed by atoms with E-state index in [9.17, 15) is 0 Å². The summed E-state index contributed by atoms with van der Waals surface area (Å²) < 4.78 is 0. The van der Waals surface area contributed by atoms with E-state index in [1.807, 2.05) is 0 Å². The van der Waals surface area contributed by atoms with Crippen molar-refractivity contribution in [2.24, 2.45) is 11.8 Å². The second kappa shape index (κ2) is 12.0. The zero-order valence-corrected chi connectivity index (χ0v) is 19.0. The van der Waals surface area contributed by atoms with Gasteiger partial charge in [-0.15, -0.1) is 0 Å². The average Bonchev–Trinajstić information content (AvgIpc) is 2.74. The van der Waals surface area contributed by atoms with Crippen molar-refractivity contribution >= 4 is 0 Å². The minimum Gasteiger partial charge on any atom is -0.0654 e. The Bertz CT molecular complexity index is 549. The normalized spacial score (nSPS) is 24.9. The standard InChI is InChI=1S/C28H46/c1-3-5-7-8-9-10-12-23-13-16-25(17-14-23)27-20-19-26-21-24(11-6-4-2)15-18-28(26)22-27/h19-20,22-25H,3-18,21H2,1-2H3. The molecule has 0 radical (unpaired) electrons. The molecule has 0 heterocycles. The topological polar surface area (TPSA) is 0 Å². The summed E-state index contributed by atoms with van der Waals surface area (Å²) in [4.78, 5) is 0. The zero-order valence-electron chi connectivity index (χ0n) is 19.0. The first-order valence-electron chi connectivity index (χ1n) is 12.9. The molecule has 1 unspecified atom stereocenters. The van der Waals surface area contributed by atoms with Crippen molar-refractivity contribution in [1.29, 1.82) is 0 Å². The smallest absolute Gasteiger partial charge is 0.0162 e. The van der Waals surface area contributed by atoms with Crippen molar-refractivity contribution in [3.63, 3.8) is 0 Å². The van der Waals surface area contributed by atoms with Crippen molar-refractivity contribution in [1.82, 2.24) is 0 Å². The zero-order chi connectivity index (χ0) is 19.6. The maximum absolute atomic E-state index is 2.62. The third-order valence-electron chi connectivity index (χ3n) is 7.81. The fraction of sp³-hybridized carbons (Fsp3) is 0.786. The van der Waals surface area contributed by atoms with Gasteiger partial charge in [0.05, 0.1) is 0 Å². The van der Waals surface area contributed by atoms with E-state index in [0.717, 1.165) is 17.8 Å². The summed E-state index contributed by atoms with van der Waals surface area (Å²) in [5.41, 5.74) is 5.04. The van der Waals surface area contributed by atoms with Gasteiger partial charge in [0.15, 0.2) is 0 Å². The third-order valence-corrected chi connectivity index (χ3v) is 7.81. The van der Waals surface area contributed by atoms with E-state index >= 15 is 0 Å². The van der Waals surface area contributed by atoms with Crippen molar-refractivity contribution in [2.75, 3.05) is 0 Å². The summed E-state index contributed by atoms with van der Waals surface area (Å²) in [6.07, 6.45) is 24.4. The molecule has 0 nitrogen and oxygen atoms in total. The van der Waals surface area contributed by atoms with Crippen LogP contribution in [0.2, 0.25) is 0 Å².